The predicted octanol–water partition coefficient (Wildman–Crippen LogP) is 3.78. The zero-order chi connectivity index (χ0) is 27.4. The molecular formula is C24H28F4N4O5. The van der Waals surface area contributed by atoms with Crippen LogP contribution in [0.4, 0.5) is 28.9 Å². The fourth-order valence-corrected chi connectivity index (χ4v) is 3.30. The molecule has 0 spiro atoms. The van der Waals surface area contributed by atoms with Gasteiger partial charge >= 0.3 is 18.1 Å². The number of rotatable bonds is 7. The molecule has 9 nitrogen and oxygen atoms in total. The number of nitrogens with zero attached hydrogens (tertiary/aromatic N) is 3. The van der Waals surface area contributed by atoms with Crippen LogP contribution in [0.1, 0.15) is 16.8 Å². The van der Waals surface area contributed by atoms with E-state index in [1.807, 2.05) is 6.07 Å². The highest BCUT2D eigenvalue weighted by atomic mass is 19.4. The molecule has 0 atom stereocenters. The normalized spacial score (nSPS) is 14.0. The van der Waals surface area contributed by atoms with E-state index >= 15 is 0 Å². The second-order valence-electron chi connectivity index (χ2n) is 7.82. The van der Waals surface area contributed by atoms with Crippen LogP contribution in [-0.2, 0) is 9.53 Å². The number of carboxylic acids is 2. The number of ether oxygens (including phenoxy) is 1. The molecule has 0 aliphatic carbocycles. The fraction of sp³-hybridized carbons (Fsp3) is 0.375. The number of guanidine groups is 1. The van der Waals surface area contributed by atoms with Crippen LogP contribution in [0.5, 0.6) is 0 Å². The average Bonchev–Trinajstić information content (AvgIpc) is 2.86. The molecule has 1 aliphatic rings. The van der Waals surface area contributed by atoms with Crippen molar-refractivity contribution in [3.05, 3.63) is 59.9 Å². The number of aliphatic carboxylic acids is 1. The molecule has 0 radical (unpaired) electrons. The Bertz CT molecular complexity index is 1060. The van der Waals surface area contributed by atoms with Crippen LogP contribution >= 0.6 is 0 Å². The molecule has 1 heterocycles. The van der Waals surface area contributed by atoms with Gasteiger partial charge in [0, 0.05) is 57.8 Å². The maximum atomic E-state index is 13.2. The quantitative estimate of drug-likeness (QED) is 0.215. The molecule has 2 aromatic carbocycles. The van der Waals surface area contributed by atoms with E-state index in [4.69, 9.17) is 19.6 Å². The van der Waals surface area contributed by atoms with Gasteiger partial charge in [-0.15, -0.1) is 0 Å². The third-order valence-corrected chi connectivity index (χ3v) is 5.15. The van der Waals surface area contributed by atoms with Crippen LogP contribution in [0.2, 0.25) is 0 Å². The lowest BCUT2D eigenvalue weighted by Gasteiger charge is -2.37. The van der Waals surface area contributed by atoms with Gasteiger partial charge < -0.3 is 30.1 Å². The molecule has 3 N–H and O–H groups in total. The highest BCUT2D eigenvalue weighted by Gasteiger charge is 2.38. The van der Waals surface area contributed by atoms with E-state index in [1.165, 1.54) is 12.1 Å². The minimum atomic E-state index is -5.08. The Morgan fingerprint density at radius 1 is 1.05 bits per heavy atom. The Balaban J connectivity index is 0.000000604. The lowest BCUT2D eigenvalue weighted by molar-refractivity contribution is -0.192. The van der Waals surface area contributed by atoms with Crippen molar-refractivity contribution in [1.82, 2.24) is 4.90 Å². The number of hydrogen-bond acceptors (Lipinski definition) is 5. The number of alkyl halides is 3. The molecule has 202 valence electrons. The molecule has 37 heavy (non-hydrogen) atoms. The number of carbonyl (C=O) groups is 2. The van der Waals surface area contributed by atoms with E-state index in [9.17, 15) is 27.5 Å². The molecule has 0 unspecified atom stereocenters. The Kier molecular flexibility index (Phi) is 11.1. The zero-order valence-corrected chi connectivity index (χ0v) is 20.0. The number of aliphatic imine (C=N–C) groups is 1. The summed E-state index contributed by atoms with van der Waals surface area (Å²) in [4.78, 5) is 29.2. The van der Waals surface area contributed by atoms with Gasteiger partial charge in [0.25, 0.3) is 0 Å². The number of nitrogens with one attached hydrogen (secondary N) is 1. The molecular weight excluding hydrogens is 500 g/mol. The van der Waals surface area contributed by atoms with Crippen molar-refractivity contribution < 1.29 is 42.1 Å². The molecule has 0 bridgehead atoms. The highest BCUT2D eigenvalue weighted by molar-refractivity contribution is 5.96. The number of hydrogen-bond donors (Lipinski definition) is 3. The molecule has 2 aromatic rings. The van der Waals surface area contributed by atoms with Gasteiger partial charge in [-0.05, 0) is 48.9 Å². The number of piperazine rings is 1. The zero-order valence-electron chi connectivity index (χ0n) is 20.0. The summed E-state index contributed by atoms with van der Waals surface area (Å²) < 4.78 is 50.0. The van der Waals surface area contributed by atoms with Gasteiger partial charge in [-0.1, -0.05) is 6.07 Å². The first kappa shape index (κ1) is 29.4. The number of halogens is 4. The molecule has 0 aromatic heterocycles. The maximum absolute atomic E-state index is 13.2. The lowest BCUT2D eigenvalue weighted by atomic mass is 10.2. The van der Waals surface area contributed by atoms with E-state index < -0.39 is 18.1 Å². The third kappa shape index (κ3) is 9.95. The standard InChI is InChI=1S/C22H27FN4O3.C2HF3O2/c1-30-15-3-10-24-22(25-19-5-2-4-17(16-19)21(28)29)27-13-11-26(12-14-27)20-8-6-18(23)7-9-20;3-2(4,5)1(6)7/h2,4-9,16H,3,10-15H2,1H3,(H,24,25)(H,28,29);(H,6,7). The summed E-state index contributed by atoms with van der Waals surface area (Å²) in [5.74, 6) is -3.25. The first-order valence-electron chi connectivity index (χ1n) is 11.2. The Morgan fingerprint density at radius 3 is 2.22 bits per heavy atom. The Hall–Kier alpha value is -3.87. The van der Waals surface area contributed by atoms with Crippen molar-refractivity contribution in [1.29, 1.82) is 0 Å². The topological polar surface area (TPSA) is 115 Å². The maximum Gasteiger partial charge on any atom is 0.490 e. The summed E-state index contributed by atoms with van der Waals surface area (Å²) in [5, 5.41) is 19.6. The minimum Gasteiger partial charge on any atom is -0.478 e. The second kappa shape index (κ2) is 14.0. The summed E-state index contributed by atoms with van der Waals surface area (Å²) in [6, 6.07) is 13.2. The van der Waals surface area contributed by atoms with E-state index in [0.29, 0.717) is 24.8 Å². The molecule has 0 saturated carbocycles. The number of methoxy groups -OCH3 is 1. The van der Waals surface area contributed by atoms with Crippen LogP contribution in [0.15, 0.2) is 53.5 Å². The van der Waals surface area contributed by atoms with Crippen molar-refractivity contribution in [2.75, 3.05) is 56.7 Å². The molecule has 1 aliphatic heterocycles. The molecule has 3 rings (SSSR count). The van der Waals surface area contributed by atoms with Crippen molar-refractivity contribution in [2.45, 2.75) is 12.6 Å². The minimum absolute atomic E-state index is 0.222. The van der Waals surface area contributed by atoms with Crippen molar-refractivity contribution in [2.24, 2.45) is 4.99 Å². The fourth-order valence-electron chi connectivity index (χ4n) is 3.30. The molecule has 1 fully saturated rings. The smallest absolute Gasteiger partial charge is 0.478 e. The van der Waals surface area contributed by atoms with E-state index in [-0.39, 0.29) is 11.4 Å². The second-order valence-corrected chi connectivity index (χ2v) is 7.82. The molecule has 0 amide bonds. The molecule has 13 heteroatoms. The number of benzene rings is 2. The lowest BCUT2D eigenvalue weighted by Crippen LogP contribution is -2.50. The number of anilines is 2. The monoisotopic (exact) mass is 528 g/mol. The van der Waals surface area contributed by atoms with Crippen molar-refractivity contribution in [3.8, 4) is 0 Å². The van der Waals surface area contributed by atoms with Gasteiger partial charge in [0.15, 0.2) is 5.96 Å². The van der Waals surface area contributed by atoms with Gasteiger partial charge in [0.05, 0.1) is 5.56 Å². The first-order valence-corrected chi connectivity index (χ1v) is 11.2. The average molecular weight is 529 g/mol. The first-order chi connectivity index (χ1) is 17.5. The summed E-state index contributed by atoms with van der Waals surface area (Å²) >= 11 is 0. The predicted molar refractivity (Wildman–Crippen MR) is 130 cm³/mol. The van der Waals surface area contributed by atoms with Gasteiger partial charge in [-0.3, -0.25) is 4.99 Å². The van der Waals surface area contributed by atoms with Gasteiger partial charge in [-0.25, -0.2) is 14.0 Å². The molecule has 1 saturated heterocycles. The number of aromatic carboxylic acids is 1. The Labute approximate surface area is 211 Å². The summed E-state index contributed by atoms with van der Waals surface area (Å²) in [6.45, 7) is 4.27. The van der Waals surface area contributed by atoms with Crippen LogP contribution in [0, 0.1) is 5.82 Å². The van der Waals surface area contributed by atoms with E-state index in [0.717, 1.165) is 38.3 Å². The van der Waals surface area contributed by atoms with Gasteiger partial charge in [0.2, 0.25) is 0 Å². The van der Waals surface area contributed by atoms with Crippen molar-refractivity contribution in [3.63, 3.8) is 0 Å². The van der Waals surface area contributed by atoms with Gasteiger partial charge in [0.1, 0.15) is 5.82 Å². The number of carboxylic acid groups (broad SMARTS) is 2. The van der Waals surface area contributed by atoms with Crippen LogP contribution in [0.3, 0.4) is 0 Å². The van der Waals surface area contributed by atoms with E-state index in [2.05, 4.69) is 15.1 Å². The Morgan fingerprint density at radius 2 is 1.68 bits per heavy atom. The van der Waals surface area contributed by atoms with Crippen LogP contribution in [0.25, 0.3) is 0 Å². The summed E-state index contributed by atoms with van der Waals surface area (Å²) in [5.41, 5.74) is 1.90. The van der Waals surface area contributed by atoms with Crippen molar-refractivity contribution >= 4 is 29.3 Å². The van der Waals surface area contributed by atoms with E-state index in [1.54, 1.807) is 37.4 Å². The summed E-state index contributed by atoms with van der Waals surface area (Å²) in [7, 11) is 1.66. The van der Waals surface area contributed by atoms with Crippen LogP contribution < -0.4 is 10.2 Å². The SMILES string of the molecule is COCCCN=C(Nc1cccc(C(=O)O)c1)N1CCN(c2ccc(F)cc2)CC1.O=C(O)C(F)(F)F. The van der Waals surface area contributed by atoms with Gasteiger partial charge in [-0.2, -0.15) is 13.2 Å². The highest BCUT2D eigenvalue weighted by Crippen LogP contribution is 2.18. The third-order valence-electron chi connectivity index (χ3n) is 5.15. The summed E-state index contributed by atoms with van der Waals surface area (Å²) in [6.07, 6.45) is -4.29. The van der Waals surface area contributed by atoms with Crippen LogP contribution in [-0.4, -0.2) is 85.6 Å². The largest absolute Gasteiger partial charge is 0.490 e.